The molecule has 0 aliphatic heterocycles. The number of likely N-dealkylation sites (N-methyl/N-ethyl adjacent to an activating group) is 1. The Kier molecular flexibility index (Phi) is 6.11. The van der Waals surface area contributed by atoms with Crippen LogP contribution in [0.25, 0.3) is 0 Å². The summed E-state index contributed by atoms with van der Waals surface area (Å²) in [5.41, 5.74) is 0. The van der Waals surface area contributed by atoms with E-state index in [0.29, 0.717) is 0 Å². The third kappa shape index (κ3) is 5.64. The van der Waals surface area contributed by atoms with E-state index < -0.39 is 33.5 Å². The molecule has 0 aromatic carbocycles. The van der Waals surface area contributed by atoms with Crippen LogP contribution < -0.4 is 0 Å². The minimum Gasteiger partial charge on any atom is -0.480 e. The van der Waals surface area contributed by atoms with Gasteiger partial charge in [-0.3, -0.25) is 4.79 Å². The summed E-state index contributed by atoms with van der Waals surface area (Å²) in [7, 11) is -0.942. The van der Waals surface area contributed by atoms with E-state index in [4.69, 9.17) is 5.11 Å². The number of carboxylic acids is 1. The molecule has 0 bridgehead atoms. The summed E-state index contributed by atoms with van der Waals surface area (Å²) < 4.78 is 27.5. The molecule has 0 aromatic rings. The third-order valence-corrected chi connectivity index (χ3v) is 3.75. The molecular weight excluding hydrogens is 250 g/mol. The number of rotatable bonds is 7. The highest BCUT2D eigenvalue weighted by Gasteiger charge is 2.25. The van der Waals surface area contributed by atoms with E-state index >= 15 is 0 Å². The number of hydrogen-bond donors (Lipinski definition) is 1. The minimum atomic E-state index is -3.56. The number of carbonyl (C=O) groups is 2. The normalized spacial score (nSPS) is 13.1. The molecule has 0 radical (unpaired) electrons. The smallest absolute Gasteiger partial charge is 0.326 e. The molecule has 1 atom stereocenters. The number of ether oxygens (including phenoxy) is 1. The lowest BCUT2D eigenvalue weighted by molar-refractivity contribution is -0.147. The Hall–Kier alpha value is -1.15. The van der Waals surface area contributed by atoms with Crippen molar-refractivity contribution in [3.05, 3.63) is 0 Å². The molecule has 0 rings (SSSR count). The summed E-state index contributed by atoms with van der Waals surface area (Å²) in [6.07, 6.45) is 0. The monoisotopic (exact) mass is 267 g/mol. The van der Waals surface area contributed by atoms with Gasteiger partial charge in [-0.1, -0.05) is 0 Å². The molecule has 0 saturated heterocycles. The quantitative estimate of drug-likeness (QED) is 0.633. The van der Waals surface area contributed by atoms with Gasteiger partial charge in [0.15, 0.2) is 9.84 Å². The molecule has 0 aliphatic carbocycles. The number of hydrogen-bond acceptors (Lipinski definition) is 5. The van der Waals surface area contributed by atoms with Gasteiger partial charge in [0.25, 0.3) is 0 Å². The highest BCUT2D eigenvalue weighted by Crippen LogP contribution is 2.00. The first-order chi connectivity index (χ1) is 7.71. The summed E-state index contributed by atoms with van der Waals surface area (Å²) in [6.45, 7) is 1.32. The molecule has 1 unspecified atom stereocenters. The van der Waals surface area contributed by atoms with Gasteiger partial charge in [0.05, 0.1) is 12.4 Å². The van der Waals surface area contributed by atoms with Crippen molar-refractivity contribution in [2.45, 2.75) is 13.0 Å². The number of carboxylic acid groups (broad SMARTS) is 1. The molecule has 17 heavy (non-hydrogen) atoms. The van der Waals surface area contributed by atoms with Crippen LogP contribution >= 0.6 is 0 Å². The number of nitrogens with zero attached hydrogens (tertiary/aromatic N) is 1. The Labute approximate surface area is 100 Å². The molecular formula is C9H17NO6S. The average molecular weight is 267 g/mol. The van der Waals surface area contributed by atoms with Crippen LogP contribution in [0.4, 0.5) is 0 Å². The van der Waals surface area contributed by atoms with Crippen molar-refractivity contribution in [1.29, 1.82) is 0 Å². The maximum absolute atomic E-state index is 11.5. The zero-order chi connectivity index (χ0) is 13.6. The van der Waals surface area contributed by atoms with Gasteiger partial charge in [0.1, 0.15) is 11.8 Å². The summed E-state index contributed by atoms with van der Waals surface area (Å²) in [5.74, 6) is -2.89. The average Bonchev–Trinajstić information content (AvgIpc) is 2.23. The second kappa shape index (κ2) is 6.55. The Morgan fingerprint density at radius 2 is 1.94 bits per heavy atom. The molecule has 1 amide bonds. The van der Waals surface area contributed by atoms with Crippen molar-refractivity contribution in [1.82, 2.24) is 4.90 Å². The van der Waals surface area contributed by atoms with E-state index in [-0.39, 0.29) is 12.4 Å². The van der Waals surface area contributed by atoms with Crippen molar-refractivity contribution in [3.63, 3.8) is 0 Å². The fourth-order valence-corrected chi connectivity index (χ4v) is 2.10. The van der Waals surface area contributed by atoms with Gasteiger partial charge in [0.2, 0.25) is 5.91 Å². The van der Waals surface area contributed by atoms with E-state index in [9.17, 15) is 18.0 Å². The fraction of sp³-hybridized carbons (Fsp3) is 0.778. The molecule has 1 N–H and O–H groups in total. The van der Waals surface area contributed by atoms with Gasteiger partial charge in [-0.2, -0.15) is 0 Å². The van der Waals surface area contributed by atoms with E-state index in [1.54, 1.807) is 0 Å². The summed E-state index contributed by atoms with van der Waals surface area (Å²) in [4.78, 5) is 23.0. The van der Waals surface area contributed by atoms with Gasteiger partial charge in [0, 0.05) is 14.2 Å². The topological polar surface area (TPSA) is 101 Å². The predicted molar refractivity (Wildman–Crippen MR) is 60.4 cm³/mol. The van der Waals surface area contributed by atoms with Crippen molar-refractivity contribution < 1.29 is 27.9 Å². The van der Waals surface area contributed by atoms with Gasteiger partial charge < -0.3 is 14.7 Å². The van der Waals surface area contributed by atoms with Crippen molar-refractivity contribution in [2.75, 3.05) is 32.3 Å². The van der Waals surface area contributed by atoms with E-state index in [1.165, 1.54) is 21.1 Å². The zero-order valence-corrected chi connectivity index (χ0v) is 10.9. The first kappa shape index (κ1) is 15.9. The Morgan fingerprint density at radius 1 is 1.41 bits per heavy atom. The summed E-state index contributed by atoms with van der Waals surface area (Å²) in [6, 6.07) is -1.06. The first-order valence-corrected chi connectivity index (χ1v) is 6.71. The van der Waals surface area contributed by atoms with Crippen LogP contribution in [0.1, 0.15) is 6.92 Å². The second-order valence-electron chi connectivity index (χ2n) is 3.60. The van der Waals surface area contributed by atoms with Crippen LogP contribution in [-0.4, -0.2) is 68.6 Å². The van der Waals surface area contributed by atoms with Crippen molar-refractivity contribution in [2.24, 2.45) is 0 Å². The fourth-order valence-electron chi connectivity index (χ4n) is 0.954. The van der Waals surface area contributed by atoms with Crippen molar-refractivity contribution in [3.8, 4) is 0 Å². The molecule has 7 nitrogen and oxygen atoms in total. The van der Waals surface area contributed by atoms with Gasteiger partial charge >= 0.3 is 5.97 Å². The lowest BCUT2D eigenvalue weighted by Crippen LogP contribution is -2.43. The van der Waals surface area contributed by atoms with Crippen molar-refractivity contribution >= 4 is 21.7 Å². The van der Waals surface area contributed by atoms with Crippen LogP contribution in [0, 0.1) is 0 Å². The largest absolute Gasteiger partial charge is 0.480 e. The number of carbonyl (C=O) groups excluding carboxylic acids is 1. The predicted octanol–water partition coefficient (Wildman–Crippen LogP) is -1.02. The van der Waals surface area contributed by atoms with Crippen LogP contribution in [0.2, 0.25) is 0 Å². The van der Waals surface area contributed by atoms with Crippen LogP contribution in [-0.2, 0) is 24.2 Å². The highest BCUT2D eigenvalue weighted by atomic mass is 32.2. The standard InChI is InChI=1S/C9H17NO6S/c1-7(9(12)13)10(2)8(11)6-17(14,15)5-4-16-3/h7H,4-6H2,1-3H3,(H,12,13). The maximum atomic E-state index is 11.5. The van der Waals surface area contributed by atoms with Crippen LogP contribution in [0.3, 0.4) is 0 Å². The molecule has 0 fully saturated rings. The summed E-state index contributed by atoms with van der Waals surface area (Å²) >= 11 is 0. The number of aliphatic carboxylic acids is 1. The van der Waals surface area contributed by atoms with Crippen LogP contribution in [0.5, 0.6) is 0 Å². The second-order valence-corrected chi connectivity index (χ2v) is 5.79. The maximum Gasteiger partial charge on any atom is 0.326 e. The minimum absolute atomic E-state index is 0.00775. The van der Waals surface area contributed by atoms with E-state index in [1.807, 2.05) is 0 Å². The van der Waals surface area contributed by atoms with Crippen LogP contribution in [0.15, 0.2) is 0 Å². The van der Waals surface area contributed by atoms with Gasteiger partial charge in [-0.25, -0.2) is 13.2 Å². The van der Waals surface area contributed by atoms with Gasteiger partial charge in [-0.15, -0.1) is 0 Å². The molecule has 0 heterocycles. The molecule has 0 aliphatic rings. The Morgan fingerprint density at radius 3 is 2.35 bits per heavy atom. The SMILES string of the molecule is COCCS(=O)(=O)CC(=O)N(C)C(C)C(=O)O. The molecule has 8 heteroatoms. The summed E-state index contributed by atoms with van der Waals surface area (Å²) in [5, 5.41) is 8.68. The molecule has 0 saturated carbocycles. The van der Waals surface area contributed by atoms with E-state index in [0.717, 1.165) is 4.90 Å². The highest BCUT2D eigenvalue weighted by molar-refractivity contribution is 7.92. The molecule has 0 aromatic heterocycles. The molecule has 100 valence electrons. The number of methoxy groups -OCH3 is 1. The Bertz CT molecular complexity index is 377. The number of amides is 1. The molecule has 0 spiro atoms. The van der Waals surface area contributed by atoms with E-state index in [2.05, 4.69) is 4.74 Å². The van der Waals surface area contributed by atoms with Gasteiger partial charge in [-0.05, 0) is 6.92 Å². The lowest BCUT2D eigenvalue weighted by Gasteiger charge is -2.21. The third-order valence-electron chi connectivity index (χ3n) is 2.27. The zero-order valence-electron chi connectivity index (χ0n) is 10.0. The Balaban J connectivity index is 4.49. The number of sulfone groups is 1. The lowest BCUT2D eigenvalue weighted by atomic mass is 10.3. The first-order valence-electron chi connectivity index (χ1n) is 4.89.